The van der Waals surface area contributed by atoms with Crippen molar-refractivity contribution >= 4 is 23.4 Å². The van der Waals surface area contributed by atoms with Crippen molar-refractivity contribution in [2.24, 2.45) is 0 Å². The SMILES string of the molecule is CCCCSc1nnc(-c2ccc(Cl)cc2)n1-c1ccccc1. The number of halogens is 1. The van der Waals surface area contributed by atoms with Gasteiger partial charge < -0.3 is 0 Å². The second-order valence-corrected chi connectivity index (χ2v) is 6.68. The van der Waals surface area contributed by atoms with Crippen LogP contribution >= 0.6 is 23.4 Å². The molecule has 3 rings (SSSR count). The van der Waals surface area contributed by atoms with E-state index in [2.05, 4.69) is 33.8 Å². The fraction of sp³-hybridized carbons (Fsp3) is 0.222. The molecule has 0 aliphatic rings. The molecule has 5 heteroatoms. The Balaban J connectivity index is 2.04. The van der Waals surface area contributed by atoms with E-state index in [4.69, 9.17) is 11.6 Å². The third-order valence-electron chi connectivity index (χ3n) is 3.48. The second kappa shape index (κ2) is 7.66. The van der Waals surface area contributed by atoms with Gasteiger partial charge >= 0.3 is 0 Å². The van der Waals surface area contributed by atoms with Gasteiger partial charge in [-0.05, 0) is 42.8 Å². The van der Waals surface area contributed by atoms with Gasteiger partial charge in [0.25, 0.3) is 0 Å². The van der Waals surface area contributed by atoms with Crippen LogP contribution in [-0.4, -0.2) is 20.5 Å². The minimum Gasteiger partial charge on any atom is -0.270 e. The first-order valence-corrected chi connectivity index (χ1v) is 9.05. The van der Waals surface area contributed by atoms with Crippen LogP contribution in [0.4, 0.5) is 0 Å². The molecule has 0 atom stereocenters. The fourth-order valence-electron chi connectivity index (χ4n) is 2.27. The monoisotopic (exact) mass is 343 g/mol. The minimum absolute atomic E-state index is 0.720. The number of aromatic nitrogens is 3. The number of hydrogen-bond acceptors (Lipinski definition) is 3. The first-order valence-electron chi connectivity index (χ1n) is 7.69. The van der Waals surface area contributed by atoms with Crippen molar-refractivity contribution in [3.05, 3.63) is 59.6 Å². The average molecular weight is 344 g/mol. The molecular formula is C18H18ClN3S. The van der Waals surface area contributed by atoms with Crippen LogP contribution in [0.5, 0.6) is 0 Å². The van der Waals surface area contributed by atoms with Gasteiger partial charge in [0.2, 0.25) is 0 Å². The van der Waals surface area contributed by atoms with E-state index in [1.807, 2.05) is 42.5 Å². The Labute approximate surface area is 145 Å². The molecule has 3 aromatic rings. The van der Waals surface area contributed by atoms with Gasteiger partial charge in [0, 0.05) is 22.0 Å². The fourth-order valence-corrected chi connectivity index (χ4v) is 3.43. The van der Waals surface area contributed by atoms with E-state index < -0.39 is 0 Å². The van der Waals surface area contributed by atoms with E-state index in [9.17, 15) is 0 Å². The number of nitrogens with zero attached hydrogens (tertiary/aromatic N) is 3. The summed E-state index contributed by atoms with van der Waals surface area (Å²) < 4.78 is 2.11. The van der Waals surface area contributed by atoms with Gasteiger partial charge in [0.1, 0.15) is 0 Å². The van der Waals surface area contributed by atoms with Crippen molar-refractivity contribution in [2.45, 2.75) is 24.9 Å². The summed E-state index contributed by atoms with van der Waals surface area (Å²) in [6.45, 7) is 2.20. The summed E-state index contributed by atoms with van der Waals surface area (Å²) in [5, 5.41) is 10.5. The molecule has 0 saturated heterocycles. The summed E-state index contributed by atoms with van der Waals surface area (Å²) in [5.74, 6) is 1.88. The summed E-state index contributed by atoms with van der Waals surface area (Å²) in [6.07, 6.45) is 2.35. The number of rotatable bonds is 6. The van der Waals surface area contributed by atoms with Crippen LogP contribution in [0, 0.1) is 0 Å². The van der Waals surface area contributed by atoms with Crippen molar-refractivity contribution in [2.75, 3.05) is 5.75 Å². The zero-order valence-corrected chi connectivity index (χ0v) is 14.5. The highest BCUT2D eigenvalue weighted by molar-refractivity contribution is 7.99. The lowest BCUT2D eigenvalue weighted by Crippen LogP contribution is -1.99. The Hall–Kier alpha value is -1.78. The van der Waals surface area contributed by atoms with Crippen molar-refractivity contribution in [1.29, 1.82) is 0 Å². The number of benzene rings is 2. The first kappa shape index (κ1) is 16.1. The zero-order valence-electron chi connectivity index (χ0n) is 12.9. The maximum absolute atomic E-state index is 6.00. The standard InChI is InChI=1S/C18H18ClN3S/c1-2-3-13-23-18-21-20-17(14-9-11-15(19)12-10-14)22(18)16-7-5-4-6-8-16/h4-12H,2-3,13H2,1H3. The molecule has 0 bridgehead atoms. The Kier molecular flexibility index (Phi) is 5.36. The van der Waals surface area contributed by atoms with Crippen LogP contribution in [0.1, 0.15) is 19.8 Å². The van der Waals surface area contributed by atoms with Crippen LogP contribution < -0.4 is 0 Å². The Morgan fingerprint density at radius 2 is 1.74 bits per heavy atom. The summed E-state index contributed by atoms with van der Waals surface area (Å²) in [5.41, 5.74) is 2.08. The number of para-hydroxylation sites is 1. The van der Waals surface area contributed by atoms with Gasteiger partial charge in [-0.15, -0.1) is 10.2 Å². The third kappa shape index (κ3) is 3.77. The zero-order chi connectivity index (χ0) is 16.1. The Bertz CT molecular complexity index is 754. The van der Waals surface area contributed by atoms with Gasteiger partial charge in [0.05, 0.1) is 0 Å². The number of unbranched alkanes of at least 4 members (excludes halogenated alkanes) is 1. The van der Waals surface area contributed by atoms with Crippen LogP contribution in [-0.2, 0) is 0 Å². The van der Waals surface area contributed by atoms with Crippen LogP contribution in [0.15, 0.2) is 59.8 Å². The van der Waals surface area contributed by atoms with Crippen LogP contribution in [0.25, 0.3) is 17.1 Å². The van der Waals surface area contributed by atoms with Crippen molar-refractivity contribution in [3.8, 4) is 17.1 Å². The molecule has 118 valence electrons. The van der Waals surface area contributed by atoms with Crippen molar-refractivity contribution in [1.82, 2.24) is 14.8 Å². The van der Waals surface area contributed by atoms with Crippen LogP contribution in [0.3, 0.4) is 0 Å². The predicted octanol–water partition coefficient (Wildman–Crippen LogP) is 5.48. The molecule has 0 N–H and O–H groups in total. The number of hydrogen-bond donors (Lipinski definition) is 0. The van der Waals surface area contributed by atoms with Crippen molar-refractivity contribution in [3.63, 3.8) is 0 Å². The van der Waals surface area contributed by atoms with E-state index in [0.29, 0.717) is 0 Å². The van der Waals surface area contributed by atoms with E-state index in [1.54, 1.807) is 11.8 Å². The molecule has 0 saturated carbocycles. The van der Waals surface area contributed by atoms with Crippen molar-refractivity contribution < 1.29 is 0 Å². The van der Waals surface area contributed by atoms with E-state index >= 15 is 0 Å². The predicted molar refractivity (Wildman–Crippen MR) is 97.4 cm³/mol. The largest absolute Gasteiger partial charge is 0.270 e. The molecule has 23 heavy (non-hydrogen) atoms. The van der Waals surface area contributed by atoms with Gasteiger partial charge in [-0.2, -0.15) is 0 Å². The molecule has 2 aromatic carbocycles. The first-order chi connectivity index (χ1) is 11.3. The summed E-state index contributed by atoms with van der Waals surface area (Å²) in [7, 11) is 0. The highest BCUT2D eigenvalue weighted by Crippen LogP contribution is 2.28. The van der Waals surface area contributed by atoms with E-state index in [1.165, 1.54) is 12.8 Å². The highest BCUT2D eigenvalue weighted by Gasteiger charge is 2.15. The van der Waals surface area contributed by atoms with Gasteiger partial charge in [-0.3, -0.25) is 4.57 Å². The maximum Gasteiger partial charge on any atom is 0.196 e. The lowest BCUT2D eigenvalue weighted by Gasteiger charge is -2.10. The number of thioether (sulfide) groups is 1. The molecule has 3 nitrogen and oxygen atoms in total. The molecular weight excluding hydrogens is 326 g/mol. The normalized spacial score (nSPS) is 10.9. The highest BCUT2D eigenvalue weighted by atomic mass is 35.5. The molecule has 0 aliphatic carbocycles. The summed E-state index contributed by atoms with van der Waals surface area (Å²) >= 11 is 7.75. The lowest BCUT2D eigenvalue weighted by atomic mass is 10.2. The molecule has 1 aromatic heterocycles. The smallest absolute Gasteiger partial charge is 0.196 e. The average Bonchev–Trinajstić information content (AvgIpc) is 3.00. The maximum atomic E-state index is 6.00. The quantitative estimate of drug-likeness (QED) is 0.438. The van der Waals surface area contributed by atoms with E-state index in [-0.39, 0.29) is 0 Å². The van der Waals surface area contributed by atoms with Gasteiger partial charge in [0.15, 0.2) is 11.0 Å². The van der Waals surface area contributed by atoms with Gasteiger partial charge in [-0.1, -0.05) is 54.9 Å². The summed E-state index contributed by atoms with van der Waals surface area (Å²) in [4.78, 5) is 0. The second-order valence-electron chi connectivity index (χ2n) is 5.19. The molecule has 0 spiro atoms. The van der Waals surface area contributed by atoms with E-state index in [0.717, 1.165) is 33.0 Å². The topological polar surface area (TPSA) is 30.7 Å². The molecule has 0 amide bonds. The molecule has 0 aliphatic heterocycles. The Morgan fingerprint density at radius 1 is 1.00 bits per heavy atom. The van der Waals surface area contributed by atoms with Gasteiger partial charge in [-0.25, -0.2) is 0 Å². The molecule has 0 unspecified atom stereocenters. The lowest BCUT2D eigenvalue weighted by molar-refractivity contribution is 0.865. The Morgan fingerprint density at radius 3 is 2.43 bits per heavy atom. The van der Waals surface area contributed by atoms with Crippen LogP contribution in [0.2, 0.25) is 5.02 Å². The molecule has 1 heterocycles. The third-order valence-corrected chi connectivity index (χ3v) is 4.75. The minimum atomic E-state index is 0.720. The summed E-state index contributed by atoms with van der Waals surface area (Å²) in [6, 6.07) is 17.9. The molecule has 0 radical (unpaired) electrons. The molecule has 0 fully saturated rings.